The molecule has 0 spiro atoms. The van der Waals surface area contributed by atoms with E-state index in [-0.39, 0.29) is 30.5 Å². The van der Waals surface area contributed by atoms with E-state index in [0.29, 0.717) is 52.7 Å². The molecule has 9 nitrogen and oxygen atoms in total. The lowest BCUT2D eigenvalue weighted by Gasteiger charge is -2.34. The van der Waals surface area contributed by atoms with Crippen molar-refractivity contribution in [3.8, 4) is 17.1 Å². The Morgan fingerprint density at radius 1 is 0.980 bits per heavy atom. The van der Waals surface area contributed by atoms with Gasteiger partial charge in [-0.3, -0.25) is 9.59 Å². The average molecular weight is 670 g/mol. The van der Waals surface area contributed by atoms with Crippen LogP contribution in [0.2, 0.25) is 0 Å². The van der Waals surface area contributed by atoms with Gasteiger partial charge in [-0.25, -0.2) is 9.78 Å². The van der Waals surface area contributed by atoms with Gasteiger partial charge in [-0.05, 0) is 79.7 Å². The highest BCUT2D eigenvalue weighted by Gasteiger charge is 2.45. The van der Waals surface area contributed by atoms with Crippen LogP contribution in [-0.2, 0) is 33.1 Å². The number of likely N-dealkylation sites (tertiary alicyclic amines) is 1. The summed E-state index contributed by atoms with van der Waals surface area (Å²) in [6, 6.07) is 30.4. The summed E-state index contributed by atoms with van der Waals surface area (Å²) in [7, 11) is 0. The number of esters is 2. The fourth-order valence-electron chi connectivity index (χ4n) is 7.84. The molecule has 2 aromatic heterocycles. The molecule has 3 aliphatic rings. The summed E-state index contributed by atoms with van der Waals surface area (Å²) >= 11 is 0. The number of pyridine rings is 2. The first-order chi connectivity index (χ1) is 24.3. The lowest BCUT2D eigenvalue weighted by atomic mass is 9.86. The molecule has 3 aromatic carbocycles. The topological polar surface area (TPSA) is 111 Å². The molecule has 8 rings (SSSR count). The van der Waals surface area contributed by atoms with Crippen LogP contribution in [0.3, 0.4) is 0 Å². The van der Waals surface area contributed by atoms with Gasteiger partial charge in [0.1, 0.15) is 12.4 Å². The largest absolute Gasteiger partial charge is 0.458 e. The number of rotatable bonds is 8. The Bertz CT molecular complexity index is 2120. The number of carbonyl (C=O) groups is 2. The number of aliphatic hydroxyl groups is 1. The van der Waals surface area contributed by atoms with Crippen LogP contribution in [0.5, 0.6) is 5.75 Å². The third-order valence-electron chi connectivity index (χ3n) is 10.7. The minimum absolute atomic E-state index is 0.0877. The van der Waals surface area contributed by atoms with E-state index < -0.39 is 11.6 Å². The van der Waals surface area contributed by atoms with E-state index in [1.165, 1.54) is 11.1 Å². The van der Waals surface area contributed by atoms with Gasteiger partial charge in [0, 0.05) is 35.4 Å². The first-order valence-electron chi connectivity index (χ1n) is 17.4. The Hall–Kier alpha value is -5.12. The lowest BCUT2D eigenvalue weighted by molar-refractivity contribution is -0.172. The Labute approximate surface area is 290 Å². The van der Waals surface area contributed by atoms with Crippen LogP contribution < -0.4 is 10.3 Å². The van der Waals surface area contributed by atoms with Gasteiger partial charge >= 0.3 is 11.9 Å². The quantitative estimate of drug-likeness (QED) is 0.157. The molecule has 0 saturated carbocycles. The molecule has 3 aliphatic heterocycles. The number of hydrogen-bond acceptors (Lipinski definition) is 8. The van der Waals surface area contributed by atoms with Crippen molar-refractivity contribution >= 4 is 22.8 Å². The third-order valence-corrected chi connectivity index (χ3v) is 10.7. The van der Waals surface area contributed by atoms with Gasteiger partial charge < -0.3 is 24.0 Å². The standard InChI is InChI=1S/C41H39N3O6/c1-2-41(48)34-22-36-38-30(23-44(36)39(46)33(34)25-49-40(41)47)20-29-21-31(13-14-35(29)42-38)50-37(45)19-26-15-17-43(18-16-26)24-32(27-9-5-3-6-10-27)28-11-7-4-8-12-28/h3-14,20-22,26,32,48H,2,15-19,23-25H2,1H3/t41-/m0/s1. The second-order valence-corrected chi connectivity index (χ2v) is 13.7. The molecule has 1 fully saturated rings. The number of fused-ring (bicyclic) bond motifs is 5. The Balaban J connectivity index is 0.925. The molecular formula is C41H39N3O6. The number of aromatic nitrogens is 2. The second kappa shape index (κ2) is 13.0. The van der Waals surface area contributed by atoms with E-state index in [4.69, 9.17) is 14.5 Å². The van der Waals surface area contributed by atoms with Crippen LogP contribution >= 0.6 is 0 Å². The molecule has 0 amide bonds. The van der Waals surface area contributed by atoms with Gasteiger partial charge in [-0.2, -0.15) is 0 Å². The lowest BCUT2D eigenvalue weighted by Crippen LogP contribution is -2.44. The third kappa shape index (κ3) is 5.80. The number of benzene rings is 3. The summed E-state index contributed by atoms with van der Waals surface area (Å²) in [4.78, 5) is 46.4. The van der Waals surface area contributed by atoms with E-state index in [2.05, 4.69) is 65.6 Å². The van der Waals surface area contributed by atoms with Crippen molar-refractivity contribution in [2.75, 3.05) is 19.6 Å². The average Bonchev–Trinajstić information content (AvgIpc) is 3.50. The molecule has 5 heterocycles. The van der Waals surface area contributed by atoms with Gasteiger partial charge in [0.2, 0.25) is 0 Å². The maximum absolute atomic E-state index is 13.5. The molecule has 0 aliphatic carbocycles. The number of hydrogen-bond donors (Lipinski definition) is 1. The minimum atomic E-state index is -1.87. The van der Waals surface area contributed by atoms with Crippen LogP contribution in [0.4, 0.5) is 0 Å². The van der Waals surface area contributed by atoms with Gasteiger partial charge in [0.25, 0.3) is 5.56 Å². The predicted molar refractivity (Wildman–Crippen MR) is 189 cm³/mol. The first-order valence-corrected chi connectivity index (χ1v) is 17.4. The number of carbonyl (C=O) groups excluding carboxylic acids is 2. The summed E-state index contributed by atoms with van der Waals surface area (Å²) in [6.45, 7) is 4.64. The summed E-state index contributed by atoms with van der Waals surface area (Å²) in [5, 5.41) is 11.9. The molecule has 0 bridgehead atoms. The van der Waals surface area contributed by atoms with Gasteiger partial charge in [-0.15, -0.1) is 0 Å². The fraction of sp³-hybridized carbons (Fsp3) is 0.317. The van der Waals surface area contributed by atoms with Crippen molar-refractivity contribution < 1.29 is 24.2 Å². The summed E-state index contributed by atoms with van der Waals surface area (Å²) in [5.74, 6) is 0.0362. The SMILES string of the molecule is CC[C@@]1(O)C(=O)OCc2c1cc1n(c2=O)Cc2cc3cc(OC(=O)CC4CCN(CC(c5ccccc5)c5ccccc5)CC4)ccc3nc2-1. The van der Waals surface area contributed by atoms with Crippen LogP contribution in [0.15, 0.2) is 95.8 Å². The molecule has 1 saturated heterocycles. The molecule has 0 unspecified atom stereocenters. The van der Waals surface area contributed by atoms with Crippen molar-refractivity contribution in [1.82, 2.24) is 14.5 Å². The zero-order valence-corrected chi connectivity index (χ0v) is 28.0. The van der Waals surface area contributed by atoms with Crippen LogP contribution in [0.1, 0.15) is 66.3 Å². The normalized spacial score (nSPS) is 18.8. The zero-order chi connectivity index (χ0) is 34.4. The van der Waals surface area contributed by atoms with Gasteiger partial charge in [0.05, 0.1) is 29.0 Å². The Morgan fingerprint density at radius 3 is 2.36 bits per heavy atom. The zero-order valence-electron chi connectivity index (χ0n) is 28.0. The minimum Gasteiger partial charge on any atom is -0.458 e. The monoisotopic (exact) mass is 669 g/mol. The van der Waals surface area contributed by atoms with Crippen LogP contribution in [-0.4, -0.2) is 51.1 Å². The molecule has 254 valence electrons. The number of cyclic esters (lactones) is 1. The summed E-state index contributed by atoms with van der Waals surface area (Å²) in [6.07, 6.45) is 2.34. The predicted octanol–water partition coefficient (Wildman–Crippen LogP) is 5.92. The molecular weight excluding hydrogens is 630 g/mol. The molecule has 5 aromatic rings. The number of ether oxygens (including phenoxy) is 2. The fourth-order valence-corrected chi connectivity index (χ4v) is 7.84. The van der Waals surface area contributed by atoms with Crippen molar-refractivity contribution in [2.24, 2.45) is 5.92 Å². The summed E-state index contributed by atoms with van der Waals surface area (Å²) < 4.78 is 12.6. The smallest absolute Gasteiger partial charge is 0.343 e. The van der Waals surface area contributed by atoms with E-state index in [1.54, 1.807) is 23.6 Å². The molecule has 9 heteroatoms. The molecule has 0 radical (unpaired) electrons. The second-order valence-electron chi connectivity index (χ2n) is 13.7. The maximum atomic E-state index is 13.5. The van der Waals surface area contributed by atoms with Crippen molar-refractivity contribution in [2.45, 2.75) is 57.3 Å². The highest BCUT2D eigenvalue weighted by Crippen LogP contribution is 2.39. The van der Waals surface area contributed by atoms with Crippen LogP contribution in [0.25, 0.3) is 22.3 Å². The molecule has 50 heavy (non-hydrogen) atoms. The van der Waals surface area contributed by atoms with Crippen LogP contribution in [0, 0.1) is 5.92 Å². The first kappa shape index (κ1) is 32.1. The summed E-state index contributed by atoms with van der Waals surface area (Å²) in [5.41, 5.74) is 3.75. The van der Waals surface area contributed by atoms with E-state index in [0.717, 1.165) is 43.4 Å². The Kier molecular flexibility index (Phi) is 8.33. The van der Waals surface area contributed by atoms with E-state index in [9.17, 15) is 19.5 Å². The van der Waals surface area contributed by atoms with Gasteiger partial charge in [0.15, 0.2) is 5.60 Å². The highest BCUT2D eigenvalue weighted by atomic mass is 16.6. The van der Waals surface area contributed by atoms with Crippen molar-refractivity contribution in [3.63, 3.8) is 0 Å². The highest BCUT2D eigenvalue weighted by molar-refractivity contribution is 5.87. The maximum Gasteiger partial charge on any atom is 0.343 e. The van der Waals surface area contributed by atoms with E-state index in [1.807, 2.05) is 18.2 Å². The molecule has 1 N–H and O–H groups in total. The molecule has 1 atom stereocenters. The number of nitrogens with zero attached hydrogens (tertiary/aromatic N) is 3. The van der Waals surface area contributed by atoms with Gasteiger partial charge in [-0.1, -0.05) is 67.6 Å². The van der Waals surface area contributed by atoms with Crippen molar-refractivity contribution in [1.29, 1.82) is 0 Å². The Morgan fingerprint density at radius 2 is 1.68 bits per heavy atom. The number of piperidine rings is 1. The van der Waals surface area contributed by atoms with E-state index >= 15 is 0 Å². The van der Waals surface area contributed by atoms with Crippen molar-refractivity contribution in [3.05, 3.63) is 129 Å².